The molecule has 0 fully saturated rings. The topological polar surface area (TPSA) is 80.4 Å². The molecule has 0 spiro atoms. The van der Waals surface area contributed by atoms with Crippen LogP contribution in [0.25, 0.3) is 0 Å². The molecule has 0 unspecified atom stereocenters. The van der Waals surface area contributed by atoms with Gasteiger partial charge in [-0.3, -0.25) is 10.1 Å². The van der Waals surface area contributed by atoms with Gasteiger partial charge in [-0.15, -0.1) is 23.1 Å². The maximum atomic E-state index is 13.2. The highest BCUT2D eigenvalue weighted by Crippen LogP contribution is 2.29. The molecule has 1 aromatic heterocycles. The van der Waals surface area contributed by atoms with E-state index < -0.39 is 16.7 Å². The zero-order chi connectivity index (χ0) is 14.7. The molecule has 5 nitrogen and oxygen atoms in total. The highest BCUT2D eigenvalue weighted by molar-refractivity contribution is 7.98. The zero-order valence-corrected chi connectivity index (χ0v) is 11.5. The fraction of sp³-hybridized carbons (Fsp3) is 0.0833. The molecule has 2 aromatic rings. The minimum Gasteiger partial charge on any atom is -0.477 e. The Balaban J connectivity index is 2.10. The summed E-state index contributed by atoms with van der Waals surface area (Å²) in [6.45, 7) is 0. The van der Waals surface area contributed by atoms with E-state index in [-0.39, 0.29) is 10.6 Å². The molecule has 2 rings (SSSR count). The summed E-state index contributed by atoms with van der Waals surface area (Å²) in [5, 5.41) is 21.1. The lowest BCUT2D eigenvalue weighted by Gasteiger charge is -2.01. The molecule has 0 saturated carbocycles. The summed E-state index contributed by atoms with van der Waals surface area (Å²) < 4.78 is 13.2. The van der Waals surface area contributed by atoms with Crippen molar-refractivity contribution in [3.8, 4) is 0 Å². The van der Waals surface area contributed by atoms with Gasteiger partial charge < -0.3 is 5.11 Å². The molecule has 20 heavy (non-hydrogen) atoms. The van der Waals surface area contributed by atoms with Crippen LogP contribution in [0.1, 0.15) is 15.2 Å². The lowest BCUT2D eigenvalue weighted by atomic mass is 10.2. The summed E-state index contributed by atoms with van der Waals surface area (Å²) in [7, 11) is 0. The van der Waals surface area contributed by atoms with Crippen LogP contribution in [0, 0.1) is 15.9 Å². The monoisotopic (exact) mass is 313 g/mol. The molecule has 8 heteroatoms. The van der Waals surface area contributed by atoms with Crippen LogP contribution in [0.4, 0.5) is 10.1 Å². The quantitative estimate of drug-likeness (QED) is 0.516. The number of benzene rings is 1. The molecule has 0 aliphatic carbocycles. The van der Waals surface area contributed by atoms with Crippen LogP contribution >= 0.6 is 23.1 Å². The minimum absolute atomic E-state index is 0.220. The van der Waals surface area contributed by atoms with Gasteiger partial charge in [-0.2, -0.15) is 0 Å². The fourth-order valence-electron chi connectivity index (χ4n) is 1.50. The molecule has 1 N–H and O–H groups in total. The van der Waals surface area contributed by atoms with Gasteiger partial charge in [0, 0.05) is 22.1 Å². The van der Waals surface area contributed by atoms with E-state index in [4.69, 9.17) is 5.11 Å². The summed E-state index contributed by atoms with van der Waals surface area (Å²) in [5.74, 6) is -1.33. The second-order valence-electron chi connectivity index (χ2n) is 3.82. The second-order valence-corrected chi connectivity index (χ2v) is 5.78. The van der Waals surface area contributed by atoms with Crippen LogP contribution in [0.2, 0.25) is 0 Å². The molecule has 104 valence electrons. The molecule has 0 atom stereocenters. The van der Waals surface area contributed by atoms with E-state index >= 15 is 0 Å². The number of thioether (sulfide) groups is 1. The molecule has 0 bridgehead atoms. The molecule has 0 saturated heterocycles. The number of carboxylic acids is 1. The van der Waals surface area contributed by atoms with E-state index in [9.17, 15) is 19.3 Å². The largest absolute Gasteiger partial charge is 0.477 e. The number of thiophene rings is 1. The second kappa shape index (κ2) is 6.02. The van der Waals surface area contributed by atoms with Crippen molar-refractivity contribution >= 4 is 34.8 Å². The van der Waals surface area contributed by atoms with Crippen LogP contribution in [0.15, 0.2) is 34.5 Å². The Hall–Kier alpha value is -1.93. The average Bonchev–Trinajstić information content (AvgIpc) is 2.84. The Kier molecular flexibility index (Phi) is 4.35. The third kappa shape index (κ3) is 3.55. The normalized spacial score (nSPS) is 10.4. The number of hydrogen-bond donors (Lipinski definition) is 1. The number of aromatic carboxylic acids is 1. The zero-order valence-electron chi connectivity index (χ0n) is 9.91. The smallest absolute Gasteiger partial charge is 0.345 e. The van der Waals surface area contributed by atoms with Crippen molar-refractivity contribution in [3.05, 3.63) is 56.0 Å². The summed E-state index contributed by atoms with van der Waals surface area (Å²) >= 11 is 2.40. The van der Waals surface area contributed by atoms with E-state index in [0.29, 0.717) is 11.3 Å². The van der Waals surface area contributed by atoms with Gasteiger partial charge in [0.25, 0.3) is 5.69 Å². The van der Waals surface area contributed by atoms with Crippen molar-refractivity contribution in [2.45, 2.75) is 10.6 Å². The van der Waals surface area contributed by atoms with Gasteiger partial charge in [0.05, 0.1) is 11.0 Å². The SMILES string of the molecule is O=C(O)c1cc(SCc2cc(F)cc([N+](=O)[O-])c2)cs1. The maximum absolute atomic E-state index is 13.2. The Bertz CT molecular complexity index is 671. The Labute approximate surface area is 121 Å². The number of carbonyl (C=O) groups is 1. The molecule has 0 aliphatic rings. The fourth-order valence-corrected chi connectivity index (χ4v) is 3.29. The van der Waals surface area contributed by atoms with E-state index in [0.717, 1.165) is 22.3 Å². The van der Waals surface area contributed by atoms with Gasteiger partial charge in [-0.05, 0) is 17.7 Å². The minimum atomic E-state index is -0.997. The number of carboxylic acid groups (broad SMARTS) is 1. The molecule has 1 aromatic carbocycles. The lowest BCUT2D eigenvalue weighted by Crippen LogP contribution is -1.92. The predicted molar refractivity (Wildman–Crippen MR) is 73.9 cm³/mol. The van der Waals surface area contributed by atoms with Crippen LogP contribution in [0.3, 0.4) is 0 Å². The van der Waals surface area contributed by atoms with Gasteiger partial charge in [0.1, 0.15) is 10.7 Å². The van der Waals surface area contributed by atoms with Crippen LogP contribution in [-0.2, 0) is 5.75 Å². The molecule has 0 amide bonds. The maximum Gasteiger partial charge on any atom is 0.345 e. The van der Waals surface area contributed by atoms with Crippen molar-refractivity contribution in [3.63, 3.8) is 0 Å². The molecule has 1 heterocycles. The number of hydrogen-bond acceptors (Lipinski definition) is 5. The number of rotatable bonds is 5. The van der Waals surface area contributed by atoms with Crippen molar-refractivity contribution in [2.24, 2.45) is 0 Å². The summed E-state index contributed by atoms with van der Waals surface area (Å²) in [4.78, 5) is 21.7. The van der Waals surface area contributed by atoms with Gasteiger partial charge in [-0.25, -0.2) is 9.18 Å². The van der Waals surface area contributed by atoms with Gasteiger partial charge in [0.2, 0.25) is 0 Å². The number of nitro groups is 1. The highest BCUT2D eigenvalue weighted by atomic mass is 32.2. The Morgan fingerprint density at radius 1 is 1.40 bits per heavy atom. The Morgan fingerprint density at radius 3 is 2.75 bits per heavy atom. The first-order valence-corrected chi connectivity index (χ1v) is 7.20. The van der Waals surface area contributed by atoms with Crippen molar-refractivity contribution in [1.82, 2.24) is 0 Å². The highest BCUT2D eigenvalue weighted by Gasteiger charge is 2.11. The van der Waals surface area contributed by atoms with Gasteiger partial charge in [-0.1, -0.05) is 0 Å². The summed E-state index contributed by atoms with van der Waals surface area (Å²) in [6, 6.07) is 4.91. The predicted octanol–water partition coefficient (Wildman–Crippen LogP) is 3.79. The molecular formula is C12H8FNO4S2. The first kappa shape index (κ1) is 14.5. The summed E-state index contributed by atoms with van der Waals surface area (Å²) in [5.41, 5.74) is 0.182. The van der Waals surface area contributed by atoms with Gasteiger partial charge in [0.15, 0.2) is 0 Å². The van der Waals surface area contributed by atoms with Crippen LogP contribution in [-0.4, -0.2) is 16.0 Å². The average molecular weight is 313 g/mol. The molecular weight excluding hydrogens is 305 g/mol. The van der Waals surface area contributed by atoms with Gasteiger partial charge >= 0.3 is 5.97 Å². The van der Waals surface area contributed by atoms with Crippen molar-refractivity contribution in [1.29, 1.82) is 0 Å². The first-order valence-electron chi connectivity index (χ1n) is 5.34. The lowest BCUT2D eigenvalue weighted by molar-refractivity contribution is -0.385. The van der Waals surface area contributed by atoms with Crippen LogP contribution in [0.5, 0.6) is 0 Å². The van der Waals surface area contributed by atoms with E-state index in [1.165, 1.54) is 30.0 Å². The summed E-state index contributed by atoms with van der Waals surface area (Å²) in [6.07, 6.45) is 0. The third-order valence-corrected chi connectivity index (χ3v) is 4.46. The molecule has 0 radical (unpaired) electrons. The van der Waals surface area contributed by atoms with E-state index in [1.807, 2.05) is 0 Å². The Morgan fingerprint density at radius 2 is 2.15 bits per heavy atom. The number of halogens is 1. The standard InChI is InChI=1S/C12H8FNO4S2/c13-8-1-7(2-9(3-8)14(17)18)5-19-10-4-11(12(15)16)20-6-10/h1-4,6H,5H2,(H,15,16). The molecule has 0 aliphatic heterocycles. The van der Waals surface area contributed by atoms with Crippen LogP contribution < -0.4 is 0 Å². The first-order chi connectivity index (χ1) is 9.45. The number of non-ortho nitro benzene ring substituents is 1. The third-order valence-electron chi connectivity index (χ3n) is 2.34. The number of nitrogens with zero attached hydrogens (tertiary/aromatic N) is 1. The van der Waals surface area contributed by atoms with Crippen molar-refractivity contribution < 1.29 is 19.2 Å². The van der Waals surface area contributed by atoms with E-state index in [2.05, 4.69) is 0 Å². The van der Waals surface area contributed by atoms with Crippen molar-refractivity contribution in [2.75, 3.05) is 0 Å². The number of nitro benzene ring substituents is 1. The van der Waals surface area contributed by atoms with E-state index in [1.54, 1.807) is 5.38 Å².